The minimum absolute atomic E-state index is 0.0205. The predicted octanol–water partition coefficient (Wildman–Crippen LogP) is 2.86. The highest BCUT2D eigenvalue weighted by Gasteiger charge is 2.47. The van der Waals surface area contributed by atoms with Crippen molar-refractivity contribution in [2.75, 3.05) is 0 Å². The quantitative estimate of drug-likeness (QED) is 0.546. The molecule has 0 radical (unpaired) electrons. The van der Waals surface area contributed by atoms with Crippen LogP contribution in [0.1, 0.15) is 66.9 Å². The lowest BCUT2D eigenvalue weighted by Crippen LogP contribution is -2.46. The van der Waals surface area contributed by atoms with Gasteiger partial charge < -0.3 is 10.2 Å². The van der Waals surface area contributed by atoms with Gasteiger partial charge in [0.1, 0.15) is 6.17 Å². The van der Waals surface area contributed by atoms with E-state index in [1.165, 1.54) is 0 Å². The van der Waals surface area contributed by atoms with Crippen LogP contribution in [-0.4, -0.2) is 47.2 Å². The topological polar surface area (TPSA) is 95.6 Å². The second kappa shape index (κ2) is 10.4. The largest absolute Gasteiger partial charge is 0.347 e. The molecule has 7 nitrogen and oxygen atoms in total. The average Bonchev–Trinajstić information content (AvgIpc) is 3.12. The van der Waals surface area contributed by atoms with E-state index in [9.17, 15) is 32.3 Å². The average molecular weight is 467 g/mol. The summed E-state index contributed by atoms with van der Waals surface area (Å²) in [5.74, 6) is -6.71. The molecule has 1 atom stereocenters. The molecule has 3 rings (SSSR count). The number of carbonyl (C=O) groups excluding carboxylic acids is 4. The minimum Gasteiger partial charge on any atom is -0.347 e. The molecule has 10 heteroatoms. The first-order valence-electron chi connectivity index (χ1n) is 11.1. The number of imide groups is 1. The summed E-state index contributed by atoms with van der Waals surface area (Å²) >= 11 is 0. The van der Waals surface area contributed by atoms with Crippen molar-refractivity contribution >= 4 is 24.1 Å². The Balaban J connectivity index is 1.56. The number of halogens is 3. The molecule has 180 valence electrons. The first kappa shape index (κ1) is 24.7. The molecule has 2 aliphatic rings. The highest BCUT2D eigenvalue weighted by atomic mass is 19.3. The van der Waals surface area contributed by atoms with Gasteiger partial charge in [-0.25, -0.2) is 4.39 Å². The van der Waals surface area contributed by atoms with Crippen molar-refractivity contribution < 1.29 is 32.3 Å². The predicted molar refractivity (Wildman–Crippen MR) is 113 cm³/mol. The molecular formula is C23H28F3N3O4. The number of fused-ring (bicyclic) bond motifs is 1. The molecule has 0 bridgehead atoms. The van der Waals surface area contributed by atoms with E-state index in [-0.39, 0.29) is 50.6 Å². The fourth-order valence-corrected chi connectivity index (χ4v) is 4.40. The van der Waals surface area contributed by atoms with Gasteiger partial charge in [0, 0.05) is 37.0 Å². The summed E-state index contributed by atoms with van der Waals surface area (Å²) in [4.78, 5) is 48.2. The van der Waals surface area contributed by atoms with Crippen molar-refractivity contribution in [3.63, 3.8) is 0 Å². The summed E-state index contributed by atoms with van der Waals surface area (Å²) in [6.07, 6.45) is -0.244. The summed E-state index contributed by atoms with van der Waals surface area (Å²) in [5, 5.41) is 4.33. The maximum Gasteiger partial charge on any atom is 0.327 e. The number of carbonyl (C=O) groups is 4. The summed E-state index contributed by atoms with van der Waals surface area (Å²) in [5.41, 5.74) is 1.78. The molecule has 1 unspecified atom stereocenters. The van der Waals surface area contributed by atoms with Gasteiger partial charge in [-0.05, 0) is 56.2 Å². The van der Waals surface area contributed by atoms with Crippen LogP contribution in [0.2, 0.25) is 0 Å². The number of nitrogens with one attached hydrogen (secondary N) is 2. The van der Waals surface area contributed by atoms with E-state index in [1.807, 2.05) is 0 Å². The molecule has 2 N–H and O–H groups in total. The van der Waals surface area contributed by atoms with Gasteiger partial charge in [0.15, 0.2) is 0 Å². The van der Waals surface area contributed by atoms with Gasteiger partial charge >= 0.3 is 5.92 Å². The molecule has 0 aromatic heterocycles. The van der Waals surface area contributed by atoms with Gasteiger partial charge in [-0.3, -0.25) is 24.5 Å². The second-order valence-electron chi connectivity index (χ2n) is 8.75. The smallest absolute Gasteiger partial charge is 0.327 e. The zero-order valence-corrected chi connectivity index (χ0v) is 18.4. The van der Waals surface area contributed by atoms with Crippen LogP contribution in [0.15, 0.2) is 18.2 Å². The van der Waals surface area contributed by atoms with Crippen LogP contribution in [0.25, 0.3) is 0 Å². The fourth-order valence-electron chi connectivity index (χ4n) is 4.40. The van der Waals surface area contributed by atoms with Crippen LogP contribution in [0.4, 0.5) is 13.2 Å². The van der Waals surface area contributed by atoms with E-state index in [4.69, 9.17) is 0 Å². The lowest BCUT2D eigenvalue weighted by Gasteiger charge is -2.30. The number of hydrogen-bond acceptors (Lipinski definition) is 4. The van der Waals surface area contributed by atoms with Gasteiger partial charge in [-0.2, -0.15) is 8.78 Å². The Hall–Kier alpha value is -2.91. The van der Waals surface area contributed by atoms with E-state index < -0.39 is 29.8 Å². The third-order valence-corrected chi connectivity index (χ3v) is 6.47. The highest BCUT2D eigenvalue weighted by Crippen LogP contribution is 2.37. The molecular weight excluding hydrogens is 439 g/mol. The summed E-state index contributed by atoms with van der Waals surface area (Å²) in [7, 11) is 0. The first-order valence-corrected chi connectivity index (χ1v) is 11.1. The van der Waals surface area contributed by atoms with Crippen LogP contribution < -0.4 is 10.6 Å². The SMILES string of the molecule is CC(CCC(=O)NC=O)N1Cc2cc(CNC(=O)C(F)(F)C3CCC(F)CC3)ccc2C1=O. The van der Waals surface area contributed by atoms with Gasteiger partial charge in [0.05, 0.1) is 0 Å². The number of benzene rings is 1. The lowest BCUT2D eigenvalue weighted by molar-refractivity contribution is -0.157. The van der Waals surface area contributed by atoms with Crippen LogP contribution in [0.3, 0.4) is 0 Å². The second-order valence-corrected chi connectivity index (χ2v) is 8.75. The minimum atomic E-state index is -3.56. The molecule has 1 aromatic carbocycles. The van der Waals surface area contributed by atoms with Gasteiger partial charge in [-0.1, -0.05) is 12.1 Å². The van der Waals surface area contributed by atoms with Crippen molar-refractivity contribution in [1.82, 2.24) is 15.5 Å². The zero-order valence-electron chi connectivity index (χ0n) is 18.4. The molecule has 1 saturated carbocycles. The number of hydrogen-bond donors (Lipinski definition) is 2. The van der Waals surface area contributed by atoms with E-state index in [2.05, 4.69) is 10.6 Å². The number of nitrogens with zero attached hydrogens (tertiary/aromatic N) is 1. The third-order valence-electron chi connectivity index (χ3n) is 6.47. The lowest BCUT2D eigenvalue weighted by atomic mass is 9.83. The Kier molecular flexibility index (Phi) is 7.76. The van der Waals surface area contributed by atoms with Crippen molar-refractivity contribution in [2.45, 2.75) is 76.7 Å². The Labute approximate surface area is 190 Å². The number of amides is 4. The van der Waals surface area contributed by atoms with Crippen LogP contribution in [0, 0.1) is 5.92 Å². The number of alkyl halides is 3. The van der Waals surface area contributed by atoms with Gasteiger partial charge in [-0.15, -0.1) is 0 Å². The van der Waals surface area contributed by atoms with Crippen LogP contribution in [0.5, 0.6) is 0 Å². The first-order chi connectivity index (χ1) is 15.6. The van der Waals surface area contributed by atoms with Gasteiger partial charge in [0.2, 0.25) is 12.3 Å². The van der Waals surface area contributed by atoms with Crippen molar-refractivity contribution in [1.29, 1.82) is 0 Å². The molecule has 0 saturated heterocycles. The van der Waals surface area contributed by atoms with Crippen molar-refractivity contribution in [3.05, 3.63) is 34.9 Å². The van der Waals surface area contributed by atoms with Crippen LogP contribution in [-0.2, 0) is 27.5 Å². The number of rotatable bonds is 9. The van der Waals surface area contributed by atoms with Gasteiger partial charge in [0.25, 0.3) is 11.8 Å². The molecule has 4 amide bonds. The highest BCUT2D eigenvalue weighted by molar-refractivity contribution is 5.98. The van der Waals surface area contributed by atoms with Crippen LogP contribution >= 0.6 is 0 Å². The molecule has 1 aromatic rings. The summed E-state index contributed by atoms with van der Waals surface area (Å²) in [6.45, 7) is 1.99. The normalized spacial score (nSPS) is 21.3. The molecule has 1 aliphatic carbocycles. The Morgan fingerprint density at radius 1 is 1.24 bits per heavy atom. The summed E-state index contributed by atoms with van der Waals surface area (Å²) in [6, 6.07) is 4.66. The maximum atomic E-state index is 14.5. The Morgan fingerprint density at radius 2 is 1.94 bits per heavy atom. The molecule has 0 spiro atoms. The Morgan fingerprint density at radius 3 is 2.61 bits per heavy atom. The molecule has 1 fully saturated rings. The van der Waals surface area contributed by atoms with E-state index in [1.54, 1.807) is 30.0 Å². The monoisotopic (exact) mass is 467 g/mol. The van der Waals surface area contributed by atoms with Crippen molar-refractivity contribution in [3.8, 4) is 0 Å². The maximum absolute atomic E-state index is 14.5. The fraction of sp³-hybridized carbons (Fsp3) is 0.565. The van der Waals surface area contributed by atoms with E-state index in [0.29, 0.717) is 36.1 Å². The molecule has 1 heterocycles. The Bertz CT molecular complexity index is 916. The van der Waals surface area contributed by atoms with Crippen molar-refractivity contribution in [2.24, 2.45) is 5.92 Å². The van der Waals surface area contributed by atoms with E-state index >= 15 is 0 Å². The third kappa shape index (κ3) is 5.72. The zero-order chi connectivity index (χ0) is 24.2. The molecule has 1 aliphatic heterocycles. The van der Waals surface area contributed by atoms with E-state index in [0.717, 1.165) is 0 Å². The standard InChI is InChI=1S/C23H28F3N3O4/c1-14(2-9-20(31)28-13-30)29-12-16-10-15(3-8-19(16)21(29)32)11-27-22(33)23(25,26)17-4-6-18(24)7-5-17/h3,8,10,13-14,17-18H,2,4-7,9,11-12H2,1H3,(H,27,33)(H,28,30,31). The summed E-state index contributed by atoms with van der Waals surface area (Å²) < 4.78 is 42.2. The molecule has 33 heavy (non-hydrogen) atoms.